The van der Waals surface area contributed by atoms with Gasteiger partial charge in [0.25, 0.3) is 5.69 Å². The molecule has 4 rings (SSSR count). The molecule has 8 nitrogen and oxygen atoms in total. The van der Waals surface area contributed by atoms with E-state index in [4.69, 9.17) is 4.74 Å². The summed E-state index contributed by atoms with van der Waals surface area (Å²) < 4.78 is 7.35. The van der Waals surface area contributed by atoms with Crippen LogP contribution in [0.2, 0.25) is 0 Å². The highest BCUT2D eigenvalue weighted by Crippen LogP contribution is 2.25. The Morgan fingerprint density at radius 3 is 2.62 bits per heavy atom. The number of fused-ring (bicyclic) bond motifs is 1. The van der Waals surface area contributed by atoms with E-state index in [0.29, 0.717) is 16.7 Å². The Balaban J connectivity index is 1.52. The van der Waals surface area contributed by atoms with Gasteiger partial charge in [-0.25, -0.2) is 0 Å². The number of non-ortho nitro benzene ring substituents is 1. The van der Waals surface area contributed by atoms with Gasteiger partial charge in [0.1, 0.15) is 12.4 Å². The minimum absolute atomic E-state index is 0.0192. The Bertz CT molecular complexity index is 970. The fourth-order valence-corrected chi connectivity index (χ4v) is 3.30. The van der Waals surface area contributed by atoms with Gasteiger partial charge in [0.2, 0.25) is 5.16 Å². The summed E-state index contributed by atoms with van der Waals surface area (Å²) in [6.45, 7) is 0.164. The molecule has 0 spiro atoms. The van der Waals surface area contributed by atoms with Crippen LogP contribution in [0.15, 0.2) is 64.9 Å². The van der Waals surface area contributed by atoms with Crippen molar-refractivity contribution in [2.75, 3.05) is 5.75 Å². The van der Waals surface area contributed by atoms with E-state index in [1.165, 1.54) is 12.1 Å². The molecular formula is C17H13N5O3S. The van der Waals surface area contributed by atoms with Gasteiger partial charge in [0, 0.05) is 17.9 Å². The molecule has 0 saturated carbocycles. The molecule has 0 saturated heterocycles. The zero-order valence-corrected chi connectivity index (χ0v) is 14.3. The Kier molecular flexibility index (Phi) is 4.36. The summed E-state index contributed by atoms with van der Waals surface area (Å²) in [5.41, 5.74) is 2.02. The first kappa shape index (κ1) is 16.3. The number of nitro groups is 1. The third kappa shape index (κ3) is 3.29. The van der Waals surface area contributed by atoms with Gasteiger partial charge in [-0.2, -0.15) is 9.78 Å². The number of ether oxygens (including phenoxy) is 1. The molecule has 0 bridgehead atoms. The zero-order chi connectivity index (χ0) is 17.9. The van der Waals surface area contributed by atoms with Gasteiger partial charge < -0.3 is 4.74 Å². The van der Waals surface area contributed by atoms with Crippen LogP contribution >= 0.6 is 11.8 Å². The number of rotatable bonds is 5. The predicted molar refractivity (Wildman–Crippen MR) is 96.6 cm³/mol. The lowest BCUT2D eigenvalue weighted by molar-refractivity contribution is -0.384. The van der Waals surface area contributed by atoms with Crippen LogP contribution in [0, 0.1) is 10.1 Å². The van der Waals surface area contributed by atoms with E-state index in [9.17, 15) is 10.1 Å². The molecule has 0 radical (unpaired) electrons. The molecule has 2 heterocycles. The van der Waals surface area contributed by atoms with Crippen molar-refractivity contribution in [1.29, 1.82) is 0 Å². The summed E-state index contributed by atoms with van der Waals surface area (Å²) in [7, 11) is 0. The van der Waals surface area contributed by atoms with Crippen LogP contribution < -0.4 is 4.74 Å². The van der Waals surface area contributed by atoms with Gasteiger partial charge in [-0.15, -0.1) is 10.2 Å². The van der Waals surface area contributed by atoms with Crippen molar-refractivity contribution < 1.29 is 9.66 Å². The average molecular weight is 367 g/mol. The van der Waals surface area contributed by atoms with Crippen molar-refractivity contribution in [3.63, 3.8) is 0 Å². The predicted octanol–water partition coefficient (Wildman–Crippen LogP) is 3.12. The average Bonchev–Trinajstić information content (AvgIpc) is 3.09. The standard InChI is InChI=1S/C17H13N5O3S/c23-22(24)13-6-8-14(9-7-13)25-10-16-18-19-17-21(16)20-15(11-26-17)12-4-2-1-3-5-12/h1-9H,10-11H2. The third-order valence-corrected chi connectivity index (χ3v) is 4.69. The third-order valence-electron chi connectivity index (χ3n) is 3.76. The van der Waals surface area contributed by atoms with Gasteiger partial charge in [-0.05, 0) is 17.7 Å². The Morgan fingerprint density at radius 1 is 1.12 bits per heavy atom. The number of nitro benzene ring substituents is 1. The summed E-state index contributed by atoms with van der Waals surface area (Å²) in [6.07, 6.45) is 0. The highest BCUT2D eigenvalue weighted by atomic mass is 32.2. The molecule has 1 aromatic heterocycles. The van der Waals surface area contributed by atoms with E-state index < -0.39 is 4.92 Å². The molecule has 0 unspecified atom stereocenters. The number of aromatic nitrogens is 3. The van der Waals surface area contributed by atoms with Gasteiger partial charge in [-0.1, -0.05) is 42.1 Å². The minimum atomic E-state index is -0.449. The van der Waals surface area contributed by atoms with Crippen LogP contribution in [0.5, 0.6) is 5.75 Å². The van der Waals surface area contributed by atoms with Crippen LogP contribution in [0.25, 0.3) is 0 Å². The second kappa shape index (κ2) is 6.96. The van der Waals surface area contributed by atoms with Crippen molar-refractivity contribution in [2.24, 2.45) is 5.10 Å². The van der Waals surface area contributed by atoms with Crippen LogP contribution in [-0.2, 0) is 6.61 Å². The first-order chi connectivity index (χ1) is 12.7. The van der Waals surface area contributed by atoms with E-state index in [1.807, 2.05) is 30.3 Å². The minimum Gasteiger partial charge on any atom is -0.486 e. The van der Waals surface area contributed by atoms with E-state index >= 15 is 0 Å². The number of hydrogen-bond acceptors (Lipinski definition) is 7. The molecule has 0 N–H and O–H groups in total. The second-order valence-corrected chi connectivity index (χ2v) is 6.39. The molecule has 0 fully saturated rings. The molecule has 0 atom stereocenters. The van der Waals surface area contributed by atoms with Gasteiger partial charge in [-0.3, -0.25) is 10.1 Å². The maximum atomic E-state index is 10.7. The molecule has 26 heavy (non-hydrogen) atoms. The normalized spacial score (nSPS) is 13.0. The molecule has 0 amide bonds. The Labute approximate surface area is 152 Å². The lowest BCUT2D eigenvalue weighted by atomic mass is 10.1. The van der Waals surface area contributed by atoms with Crippen molar-refractivity contribution in [2.45, 2.75) is 11.8 Å². The van der Waals surface area contributed by atoms with Crippen molar-refractivity contribution in [3.8, 4) is 5.75 Å². The first-order valence-electron chi connectivity index (χ1n) is 7.78. The quantitative estimate of drug-likeness (QED) is 0.508. The second-order valence-electron chi connectivity index (χ2n) is 5.45. The molecule has 9 heteroatoms. The van der Waals surface area contributed by atoms with Crippen LogP contribution in [0.3, 0.4) is 0 Å². The maximum absolute atomic E-state index is 10.7. The molecular weight excluding hydrogens is 354 g/mol. The van der Waals surface area contributed by atoms with Crippen LogP contribution in [0.4, 0.5) is 5.69 Å². The number of thioether (sulfide) groups is 1. The summed E-state index contributed by atoms with van der Waals surface area (Å²) in [5, 5.41) is 24.3. The van der Waals surface area contributed by atoms with E-state index in [2.05, 4.69) is 15.3 Å². The Hall–Kier alpha value is -3.20. The first-order valence-corrected chi connectivity index (χ1v) is 8.77. The number of nitrogens with zero attached hydrogens (tertiary/aromatic N) is 5. The van der Waals surface area contributed by atoms with E-state index in [1.54, 1.807) is 28.6 Å². The molecule has 0 aliphatic carbocycles. The monoisotopic (exact) mass is 367 g/mol. The number of hydrogen-bond donors (Lipinski definition) is 0. The van der Waals surface area contributed by atoms with Crippen LogP contribution in [0.1, 0.15) is 11.4 Å². The van der Waals surface area contributed by atoms with Gasteiger partial charge in [0.15, 0.2) is 5.82 Å². The van der Waals surface area contributed by atoms with Crippen LogP contribution in [-0.4, -0.2) is 31.3 Å². The van der Waals surface area contributed by atoms with Crippen molar-refractivity contribution in [1.82, 2.24) is 14.9 Å². The smallest absolute Gasteiger partial charge is 0.269 e. The lowest BCUT2D eigenvalue weighted by Crippen LogP contribution is -2.15. The molecule has 3 aromatic rings. The van der Waals surface area contributed by atoms with Gasteiger partial charge >= 0.3 is 0 Å². The Morgan fingerprint density at radius 2 is 1.88 bits per heavy atom. The fraction of sp³-hybridized carbons (Fsp3) is 0.118. The van der Waals surface area contributed by atoms with Gasteiger partial charge in [0.05, 0.1) is 10.6 Å². The fourth-order valence-electron chi connectivity index (χ4n) is 2.44. The zero-order valence-electron chi connectivity index (χ0n) is 13.5. The number of benzene rings is 2. The largest absolute Gasteiger partial charge is 0.486 e. The van der Waals surface area contributed by atoms with E-state index in [-0.39, 0.29) is 12.3 Å². The van der Waals surface area contributed by atoms with Crippen molar-refractivity contribution in [3.05, 3.63) is 76.1 Å². The SMILES string of the molecule is O=[N+]([O-])c1ccc(OCc2nnc3n2N=C(c2ccccc2)CS3)cc1. The highest BCUT2D eigenvalue weighted by Gasteiger charge is 2.20. The maximum Gasteiger partial charge on any atom is 0.269 e. The summed E-state index contributed by atoms with van der Waals surface area (Å²) in [4.78, 5) is 10.2. The summed E-state index contributed by atoms with van der Waals surface area (Å²) >= 11 is 1.57. The summed E-state index contributed by atoms with van der Waals surface area (Å²) in [6, 6.07) is 15.9. The molecule has 1 aliphatic heterocycles. The van der Waals surface area contributed by atoms with Crippen molar-refractivity contribution >= 4 is 23.2 Å². The highest BCUT2D eigenvalue weighted by molar-refractivity contribution is 7.99. The molecule has 2 aromatic carbocycles. The summed E-state index contributed by atoms with van der Waals surface area (Å²) in [5.74, 6) is 1.81. The van der Waals surface area contributed by atoms with E-state index in [0.717, 1.165) is 17.0 Å². The molecule has 1 aliphatic rings. The lowest BCUT2D eigenvalue weighted by Gasteiger charge is -2.14. The topological polar surface area (TPSA) is 95.4 Å². The molecule has 130 valence electrons.